The van der Waals surface area contributed by atoms with Crippen LogP contribution in [-0.2, 0) is 6.42 Å². The number of aliphatic hydroxyl groups is 1. The SMILES string of the molecule is C[C@@H](O)Cc1cnc2ccccn12. The topological polar surface area (TPSA) is 37.5 Å². The molecule has 0 unspecified atom stereocenters. The van der Waals surface area contributed by atoms with Crippen LogP contribution in [-0.4, -0.2) is 20.6 Å². The maximum atomic E-state index is 9.24. The van der Waals surface area contributed by atoms with Crippen molar-refractivity contribution in [2.75, 3.05) is 0 Å². The Labute approximate surface area is 76.7 Å². The molecular formula is C10H12N2O. The molecule has 2 rings (SSSR count). The van der Waals surface area contributed by atoms with E-state index in [1.165, 1.54) is 0 Å². The number of fused-ring (bicyclic) bond motifs is 1. The number of pyridine rings is 1. The first-order valence-electron chi connectivity index (χ1n) is 4.36. The van der Waals surface area contributed by atoms with E-state index in [4.69, 9.17) is 0 Å². The van der Waals surface area contributed by atoms with Gasteiger partial charge in [0.15, 0.2) is 0 Å². The highest BCUT2D eigenvalue weighted by atomic mass is 16.3. The first-order valence-corrected chi connectivity index (χ1v) is 4.36. The normalized spacial score (nSPS) is 13.4. The second kappa shape index (κ2) is 3.18. The lowest BCUT2D eigenvalue weighted by molar-refractivity contribution is 0.194. The van der Waals surface area contributed by atoms with Gasteiger partial charge in [0.1, 0.15) is 5.65 Å². The van der Waals surface area contributed by atoms with Crippen molar-refractivity contribution in [1.82, 2.24) is 9.38 Å². The Bertz CT molecular complexity index is 406. The molecule has 0 amide bonds. The Morgan fingerprint density at radius 3 is 3.15 bits per heavy atom. The number of aromatic nitrogens is 2. The van der Waals surface area contributed by atoms with Gasteiger partial charge in [0.25, 0.3) is 0 Å². The summed E-state index contributed by atoms with van der Waals surface area (Å²) in [6.07, 6.45) is 4.09. The van der Waals surface area contributed by atoms with E-state index in [-0.39, 0.29) is 6.10 Å². The second-order valence-electron chi connectivity index (χ2n) is 3.23. The van der Waals surface area contributed by atoms with E-state index < -0.39 is 0 Å². The summed E-state index contributed by atoms with van der Waals surface area (Å²) in [5.41, 5.74) is 1.98. The highest BCUT2D eigenvalue weighted by Crippen LogP contribution is 2.07. The zero-order valence-corrected chi connectivity index (χ0v) is 7.51. The zero-order valence-electron chi connectivity index (χ0n) is 7.51. The van der Waals surface area contributed by atoms with Crippen LogP contribution in [0.25, 0.3) is 5.65 Å². The highest BCUT2D eigenvalue weighted by Gasteiger charge is 2.04. The van der Waals surface area contributed by atoms with Crippen molar-refractivity contribution in [3.8, 4) is 0 Å². The van der Waals surface area contributed by atoms with E-state index in [1.54, 1.807) is 6.92 Å². The maximum Gasteiger partial charge on any atom is 0.136 e. The smallest absolute Gasteiger partial charge is 0.136 e. The van der Waals surface area contributed by atoms with E-state index >= 15 is 0 Å². The van der Waals surface area contributed by atoms with Crippen LogP contribution in [0.15, 0.2) is 30.6 Å². The van der Waals surface area contributed by atoms with E-state index in [1.807, 2.05) is 35.0 Å². The monoisotopic (exact) mass is 176 g/mol. The predicted molar refractivity (Wildman–Crippen MR) is 50.6 cm³/mol. The average molecular weight is 176 g/mol. The standard InChI is InChI=1S/C10H12N2O/c1-8(13)6-9-7-11-10-4-2-3-5-12(9)10/h2-5,7-8,13H,6H2,1H3/t8-/m1/s1. The van der Waals surface area contributed by atoms with E-state index in [9.17, 15) is 5.11 Å². The summed E-state index contributed by atoms with van der Waals surface area (Å²) in [6.45, 7) is 1.78. The molecule has 2 aromatic rings. The number of imidazole rings is 1. The quantitative estimate of drug-likeness (QED) is 0.748. The minimum absolute atomic E-state index is 0.319. The van der Waals surface area contributed by atoms with Crippen LogP contribution >= 0.6 is 0 Å². The number of rotatable bonds is 2. The molecule has 0 aromatic carbocycles. The molecule has 0 aliphatic carbocycles. The molecule has 0 bridgehead atoms. The molecule has 0 aliphatic heterocycles. The van der Waals surface area contributed by atoms with Crippen LogP contribution in [0.5, 0.6) is 0 Å². The summed E-state index contributed by atoms with van der Waals surface area (Å²) < 4.78 is 1.99. The van der Waals surface area contributed by atoms with Gasteiger partial charge in [-0.25, -0.2) is 4.98 Å². The predicted octanol–water partition coefficient (Wildman–Crippen LogP) is 1.26. The van der Waals surface area contributed by atoms with Crippen molar-refractivity contribution >= 4 is 5.65 Å². The van der Waals surface area contributed by atoms with Crippen molar-refractivity contribution < 1.29 is 5.11 Å². The van der Waals surface area contributed by atoms with Gasteiger partial charge < -0.3 is 9.51 Å². The van der Waals surface area contributed by atoms with Gasteiger partial charge in [0.2, 0.25) is 0 Å². The average Bonchev–Trinajstić information content (AvgIpc) is 2.48. The molecule has 13 heavy (non-hydrogen) atoms. The molecule has 3 heteroatoms. The minimum Gasteiger partial charge on any atom is -0.393 e. The van der Waals surface area contributed by atoms with Crippen molar-refractivity contribution in [1.29, 1.82) is 0 Å². The minimum atomic E-state index is -0.319. The number of aliphatic hydroxyl groups excluding tert-OH is 1. The second-order valence-corrected chi connectivity index (χ2v) is 3.23. The van der Waals surface area contributed by atoms with Gasteiger partial charge in [-0.15, -0.1) is 0 Å². The first kappa shape index (κ1) is 8.26. The number of hydrogen-bond donors (Lipinski definition) is 1. The summed E-state index contributed by atoms with van der Waals surface area (Å²) in [5.74, 6) is 0. The highest BCUT2D eigenvalue weighted by molar-refractivity contribution is 5.39. The van der Waals surface area contributed by atoms with Crippen LogP contribution in [0, 0.1) is 0 Å². The molecule has 1 N–H and O–H groups in total. The summed E-state index contributed by atoms with van der Waals surface area (Å²) in [4.78, 5) is 4.22. The summed E-state index contributed by atoms with van der Waals surface area (Å²) in [7, 11) is 0. The molecule has 0 radical (unpaired) electrons. The van der Waals surface area contributed by atoms with E-state index in [2.05, 4.69) is 4.98 Å². The Kier molecular flexibility index (Phi) is 2.02. The first-order chi connectivity index (χ1) is 6.27. The molecule has 2 heterocycles. The Morgan fingerprint density at radius 1 is 1.54 bits per heavy atom. The van der Waals surface area contributed by atoms with Crippen molar-refractivity contribution in [2.45, 2.75) is 19.4 Å². The van der Waals surface area contributed by atoms with Gasteiger partial charge in [-0.1, -0.05) is 6.07 Å². The Balaban J connectivity index is 2.46. The van der Waals surface area contributed by atoms with Crippen molar-refractivity contribution in [3.05, 3.63) is 36.3 Å². The summed E-state index contributed by atoms with van der Waals surface area (Å²) >= 11 is 0. The molecule has 1 atom stereocenters. The van der Waals surface area contributed by atoms with Crippen LogP contribution in [0.1, 0.15) is 12.6 Å². The van der Waals surface area contributed by atoms with Gasteiger partial charge >= 0.3 is 0 Å². The number of hydrogen-bond acceptors (Lipinski definition) is 2. The largest absolute Gasteiger partial charge is 0.393 e. The molecule has 0 aliphatic rings. The van der Waals surface area contributed by atoms with Crippen LogP contribution in [0.2, 0.25) is 0 Å². The summed E-state index contributed by atoms with van der Waals surface area (Å²) in [5, 5.41) is 9.24. The fraction of sp³-hybridized carbons (Fsp3) is 0.300. The Hall–Kier alpha value is -1.35. The molecule has 3 nitrogen and oxygen atoms in total. The fourth-order valence-corrected chi connectivity index (χ4v) is 1.44. The third kappa shape index (κ3) is 1.55. The summed E-state index contributed by atoms with van der Waals surface area (Å²) in [6, 6.07) is 5.86. The lowest BCUT2D eigenvalue weighted by atomic mass is 10.2. The van der Waals surface area contributed by atoms with Gasteiger partial charge in [0, 0.05) is 24.5 Å². The van der Waals surface area contributed by atoms with Gasteiger partial charge in [0.05, 0.1) is 6.10 Å². The molecule has 0 fully saturated rings. The van der Waals surface area contributed by atoms with Crippen LogP contribution in [0.3, 0.4) is 0 Å². The van der Waals surface area contributed by atoms with Crippen LogP contribution in [0.4, 0.5) is 0 Å². The molecular weight excluding hydrogens is 164 g/mol. The third-order valence-corrected chi connectivity index (χ3v) is 2.00. The zero-order chi connectivity index (χ0) is 9.26. The lowest BCUT2D eigenvalue weighted by Gasteiger charge is -2.02. The van der Waals surface area contributed by atoms with Gasteiger partial charge in [-0.05, 0) is 19.1 Å². The van der Waals surface area contributed by atoms with Crippen LogP contribution < -0.4 is 0 Å². The van der Waals surface area contributed by atoms with E-state index in [0.29, 0.717) is 6.42 Å². The Morgan fingerprint density at radius 2 is 2.38 bits per heavy atom. The molecule has 0 spiro atoms. The van der Waals surface area contributed by atoms with Gasteiger partial charge in [-0.2, -0.15) is 0 Å². The molecule has 2 aromatic heterocycles. The maximum absolute atomic E-state index is 9.24. The molecule has 0 saturated carbocycles. The van der Waals surface area contributed by atoms with Crippen molar-refractivity contribution in [3.63, 3.8) is 0 Å². The molecule has 0 saturated heterocycles. The lowest BCUT2D eigenvalue weighted by Crippen LogP contribution is -2.06. The van der Waals surface area contributed by atoms with E-state index in [0.717, 1.165) is 11.3 Å². The van der Waals surface area contributed by atoms with Gasteiger partial charge in [-0.3, -0.25) is 0 Å². The fourth-order valence-electron chi connectivity index (χ4n) is 1.44. The molecule has 68 valence electrons. The number of nitrogens with zero attached hydrogens (tertiary/aromatic N) is 2. The third-order valence-electron chi connectivity index (χ3n) is 2.00. The van der Waals surface area contributed by atoms with Crippen molar-refractivity contribution in [2.24, 2.45) is 0 Å².